The Morgan fingerprint density at radius 1 is 1.10 bits per heavy atom. The summed E-state index contributed by atoms with van der Waals surface area (Å²) in [4.78, 5) is 8.73. The van der Waals surface area contributed by atoms with Crippen LogP contribution in [0.15, 0.2) is 36.4 Å². The lowest BCUT2D eigenvalue weighted by atomic mass is 9.96. The number of nitrogens with zero attached hydrogens (tertiary/aromatic N) is 2. The first-order valence-corrected chi connectivity index (χ1v) is 6.73. The van der Waals surface area contributed by atoms with E-state index >= 15 is 0 Å². The van der Waals surface area contributed by atoms with E-state index in [2.05, 4.69) is 9.97 Å². The molecule has 1 unspecified atom stereocenters. The average molecular weight is 271 g/mol. The van der Waals surface area contributed by atoms with Gasteiger partial charge in [-0.25, -0.2) is 4.98 Å². The third-order valence-electron chi connectivity index (χ3n) is 2.96. The minimum Gasteiger partial charge on any atom is -0.470 e. The van der Waals surface area contributed by atoms with Crippen LogP contribution in [0.1, 0.15) is 45.2 Å². The topological polar surface area (TPSA) is 61.0 Å². The van der Waals surface area contributed by atoms with Crippen LogP contribution in [0.25, 0.3) is 0 Å². The van der Waals surface area contributed by atoms with Gasteiger partial charge in [-0.1, -0.05) is 51.1 Å². The molecule has 2 N–H and O–H groups in total. The van der Waals surface area contributed by atoms with Crippen molar-refractivity contribution < 1.29 is 4.74 Å². The molecule has 0 fully saturated rings. The second-order valence-corrected chi connectivity index (χ2v) is 5.88. The van der Waals surface area contributed by atoms with Crippen molar-refractivity contribution in [2.24, 2.45) is 0 Å². The highest BCUT2D eigenvalue weighted by molar-refractivity contribution is 5.34. The fourth-order valence-electron chi connectivity index (χ4n) is 1.81. The summed E-state index contributed by atoms with van der Waals surface area (Å²) in [5.74, 6) is 1.63. The van der Waals surface area contributed by atoms with Crippen LogP contribution >= 0.6 is 0 Å². The summed E-state index contributed by atoms with van der Waals surface area (Å²) in [5.41, 5.74) is 6.78. The largest absolute Gasteiger partial charge is 0.470 e. The van der Waals surface area contributed by atoms with Crippen LogP contribution in [0.4, 0.5) is 5.82 Å². The molecule has 0 aliphatic carbocycles. The Labute approximate surface area is 120 Å². The zero-order valence-electron chi connectivity index (χ0n) is 12.4. The molecular formula is C16H21N3O. The van der Waals surface area contributed by atoms with Gasteiger partial charge in [0, 0.05) is 11.5 Å². The molecule has 0 saturated carbocycles. The molecule has 0 aliphatic heterocycles. The highest BCUT2D eigenvalue weighted by Gasteiger charge is 2.19. The first kappa shape index (κ1) is 14.3. The van der Waals surface area contributed by atoms with Crippen molar-refractivity contribution in [1.29, 1.82) is 0 Å². The van der Waals surface area contributed by atoms with Gasteiger partial charge in [-0.15, -0.1) is 0 Å². The number of nitrogen functional groups attached to an aromatic ring is 1. The Hall–Kier alpha value is -2.10. The fraction of sp³-hybridized carbons (Fsp3) is 0.375. The van der Waals surface area contributed by atoms with Gasteiger partial charge >= 0.3 is 0 Å². The van der Waals surface area contributed by atoms with E-state index in [4.69, 9.17) is 10.5 Å². The molecule has 0 bridgehead atoms. The van der Waals surface area contributed by atoms with Crippen molar-refractivity contribution in [3.05, 3.63) is 47.8 Å². The zero-order chi connectivity index (χ0) is 14.8. The summed E-state index contributed by atoms with van der Waals surface area (Å²) in [6.45, 7) is 8.13. The van der Waals surface area contributed by atoms with Crippen LogP contribution in [-0.2, 0) is 5.41 Å². The number of hydrogen-bond acceptors (Lipinski definition) is 4. The number of benzene rings is 1. The fourth-order valence-corrected chi connectivity index (χ4v) is 1.81. The summed E-state index contributed by atoms with van der Waals surface area (Å²) in [6.07, 6.45) is -0.0849. The van der Waals surface area contributed by atoms with Gasteiger partial charge in [-0.3, -0.25) is 0 Å². The zero-order valence-corrected chi connectivity index (χ0v) is 12.4. The number of rotatable bonds is 3. The maximum absolute atomic E-state index is 5.89. The average Bonchev–Trinajstić information content (AvgIpc) is 2.38. The molecule has 0 radical (unpaired) electrons. The maximum atomic E-state index is 5.89. The second kappa shape index (κ2) is 5.49. The lowest BCUT2D eigenvalue weighted by Crippen LogP contribution is -2.18. The van der Waals surface area contributed by atoms with Crippen LogP contribution < -0.4 is 10.5 Å². The van der Waals surface area contributed by atoms with Gasteiger partial charge in [-0.2, -0.15) is 4.98 Å². The van der Waals surface area contributed by atoms with Gasteiger partial charge in [0.1, 0.15) is 17.7 Å². The van der Waals surface area contributed by atoms with E-state index in [1.165, 1.54) is 0 Å². The van der Waals surface area contributed by atoms with E-state index < -0.39 is 0 Å². The van der Waals surface area contributed by atoms with Gasteiger partial charge in [0.25, 0.3) is 0 Å². The van der Waals surface area contributed by atoms with Gasteiger partial charge < -0.3 is 10.5 Å². The quantitative estimate of drug-likeness (QED) is 0.928. The van der Waals surface area contributed by atoms with Crippen LogP contribution in [0.5, 0.6) is 5.88 Å². The molecule has 1 atom stereocenters. The van der Waals surface area contributed by atoms with Crippen LogP contribution in [-0.4, -0.2) is 9.97 Å². The smallest absolute Gasteiger partial charge is 0.219 e. The minimum absolute atomic E-state index is 0.0849. The minimum atomic E-state index is -0.163. The Morgan fingerprint density at radius 3 is 2.35 bits per heavy atom. The number of hydrogen-bond donors (Lipinski definition) is 1. The predicted octanol–water partition coefficient (Wildman–Crippen LogP) is 3.50. The molecule has 20 heavy (non-hydrogen) atoms. The third kappa shape index (κ3) is 3.47. The molecule has 1 aromatic heterocycles. The summed E-state index contributed by atoms with van der Waals surface area (Å²) < 4.78 is 5.89. The van der Waals surface area contributed by atoms with Crippen molar-refractivity contribution in [1.82, 2.24) is 9.97 Å². The molecule has 0 saturated heterocycles. The molecule has 0 aliphatic rings. The summed E-state index contributed by atoms with van der Waals surface area (Å²) >= 11 is 0. The molecule has 1 heterocycles. The summed E-state index contributed by atoms with van der Waals surface area (Å²) in [7, 11) is 0. The second-order valence-electron chi connectivity index (χ2n) is 5.88. The SMILES string of the molecule is CC(Oc1cc(N)nc(C(C)(C)C)n1)c1ccccc1. The first-order valence-electron chi connectivity index (χ1n) is 6.73. The van der Waals surface area contributed by atoms with Crippen molar-refractivity contribution in [2.75, 3.05) is 5.73 Å². The maximum Gasteiger partial charge on any atom is 0.219 e. The first-order chi connectivity index (χ1) is 9.36. The molecule has 2 rings (SSSR count). The van der Waals surface area contributed by atoms with Gasteiger partial charge in [0.05, 0.1) is 0 Å². The highest BCUT2D eigenvalue weighted by atomic mass is 16.5. The van der Waals surface area contributed by atoms with Crippen molar-refractivity contribution >= 4 is 5.82 Å². The molecule has 0 spiro atoms. The van der Waals surface area contributed by atoms with Crippen molar-refractivity contribution in [2.45, 2.75) is 39.2 Å². The van der Waals surface area contributed by atoms with Gasteiger partial charge in [0.2, 0.25) is 5.88 Å². The van der Waals surface area contributed by atoms with Crippen molar-refractivity contribution in [3.8, 4) is 5.88 Å². The number of anilines is 1. The molecular weight excluding hydrogens is 250 g/mol. The standard InChI is InChI=1S/C16H21N3O/c1-11(12-8-6-5-7-9-12)20-14-10-13(17)18-15(19-14)16(2,3)4/h5-11H,1-4H3,(H2,17,18,19). The van der Waals surface area contributed by atoms with E-state index in [0.717, 1.165) is 5.56 Å². The summed E-state index contributed by atoms with van der Waals surface area (Å²) in [5, 5.41) is 0. The highest BCUT2D eigenvalue weighted by Crippen LogP contribution is 2.25. The lowest BCUT2D eigenvalue weighted by molar-refractivity contribution is 0.215. The molecule has 4 heteroatoms. The van der Waals surface area contributed by atoms with E-state index in [0.29, 0.717) is 17.5 Å². The monoisotopic (exact) mass is 271 g/mol. The van der Waals surface area contributed by atoms with Crippen LogP contribution in [0.2, 0.25) is 0 Å². The van der Waals surface area contributed by atoms with Gasteiger partial charge in [0.15, 0.2) is 0 Å². The third-order valence-corrected chi connectivity index (χ3v) is 2.96. The van der Waals surface area contributed by atoms with E-state index in [1.54, 1.807) is 6.07 Å². The Bertz CT molecular complexity index is 576. The number of nitrogens with two attached hydrogens (primary N) is 1. The number of aromatic nitrogens is 2. The van der Waals surface area contributed by atoms with Crippen molar-refractivity contribution in [3.63, 3.8) is 0 Å². The Kier molecular flexibility index (Phi) is 3.93. The summed E-state index contributed by atoms with van der Waals surface area (Å²) in [6, 6.07) is 11.7. The van der Waals surface area contributed by atoms with Crippen LogP contribution in [0, 0.1) is 0 Å². The van der Waals surface area contributed by atoms with E-state index in [1.807, 2.05) is 58.0 Å². The molecule has 1 aromatic carbocycles. The van der Waals surface area contributed by atoms with E-state index in [9.17, 15) is 0 Å². The predicted molar refractivity (Wildman–Crippen MR) is 80.6 cm³/mol. The molecule has 0 amide bonds. The Morgan fingerprint density at radius 2 is 1.75 bits per heavy atom. The normalized spacial score (nSPS) is 13.0. The van der Waals surface area contributed by atoms with E-state index in [-0.39, 0.29) is 11.5 Å². The molecule has 106 valence electrons. The van der Waals surface area contributed by atoms with Crippen LogP contribution in [0.3, 0.4) is 0 Å². The molecule has 2 aromatic rings. The lowest BCUT2D eigenvalue weighted by Gasteiger charge is -2.19. The van der Waals surface area contributed by atoms with Gasteiger partial charge in [-0.05, 0) is 12.5 Å². The molecule has 4 nitrogen and oxygen atoms in total. The number of ether oxygens (including phenoxy) is 1. The Balaban J connectivity index is 2.24.